The molecule has 2 bridgehead atoms. The summed E-state index contributed by atoms with van der Waals surface area (Å²) >= 11 is 0. The summed E-state index contributed by atoms with van der Waals surface area (Å²) in [4.78, 5) is 14.1. The van der Waals surface area contributed by atoms with E-state index >= 15 is 0 Å². The topological polar surface area (TPSA) is 58.4 Å². The molecule has 4 nitrogen and oxygen atoms in total. The second-order valence-corrected chi connectivity index (χ2v) is 5.51. The largest absolute Gasteiger partial charge is 0.353 e. The molecule has 2 rings (SSSR count). The van der Waals surface area contributed by atoms with Gasteiger partial charge in [-0.15, -0.1) is 0 Å². The zero-order chi connectivity index (χ0) is 11.7. The smallest absolute Gasteiger partial charge is 0.234 e. The predicted octanol–water partition coefficient (Wildman–Crippen LogP) is 0.465. The second kappa shape index (κ2) is 4.72. The standard InChI is InChI=1S/C12H23N3O/c1-8(2)14-12(16)7-15-10-3-4-11(15)6-9(13)5-10/h8-11H,3-7,13H2,1-2H3,(H,14,16). The van der Waals surface area contributed by atoms with Crippen LogP contribution >= 0.6 is 0 Å². The van der Waals surface area contributed by atoms with E-state index in [0.29, 0.717) is 24.7 Å². The minimum atomic E-state index is 0.155. The molecule has 2 fully saturated rings. The SMILES string of the molecule is CC(C)NC(=O)CN1C2CCC1CC(N)C2. The van der Waals surface area contributed by atoms with Crippen molar-refractivity contribution in [1.82, 2.24) is 10.2 Å². The van der Waals surface area contributed by atoms with Crippen LogP contribution in [0.2, 0.25) is 0 Å². The van der Waals surface area contributed by atoms with Crippen molar-refractivity contribution in [1.29, 1.82) is 0 Å². The Morgan fingerprint density at radius 2 is 1.94 bits per heavy atom. The third-order valence-corrected chi connectivity index (χ3v) is 3.70. The Morgan fingerprint density at radius 1 is 1.38 bits per heavy atom. The molecule has 16 heavy (non-hydrogen) atoms. The lowest BCUT2D eigenvalue weighted by atomic mass is 9.98. The van der Waals surface area contributed by atoms with Gasteiger partial charge in [-0.3, -0.25) is 9.69 Å². The molecule has 0 saturated carbocycles. The van der Waals surface area contributed by atoms with Crippen LogP contribution in [-0.4, -0.2) is 41.5 Å². The Bertz CT molecular complexity index is 253. The summed E-state index contributed by atoms with van der Waals surface area (Å²) in [5.41, 5.74) is 6.00. The molecule has 2 saturated heterocycles. The molecule has 0 aromatic rings. The van der Waals surface area contributed by atoms with E-state index in [1.165, 1.54) is 12.8 Å². The van der Waals surface area contributed by atoms with Crippen LogP contribution in [0.15, 0.2) is 0 Å². The van der Waals surface area contributed by atoms with Gasteiger partial charge >= 0.3 is 0 Å². The Morgan fingerprint density at radius 3 is 2.44 bits per heavy atom. The lowest BCUT2D eigenvalue weighted by Crippen LogP contribution is -2.51. The number of nitrogens with zero attached hydrogens (tertiary/aromatic N) is 1. The third-order valence-electron chi connectivity index (χ3n) is 3.70. The Labute approximate surface area is 97.6 Å². The highest BCUT2D eigenvalue weighted by molar-refractivity contribution is 5.78. The average Bonchev–Trinajstić information content (AvgIpc) is 2.43. The number of fused-ring (bicyclic) bond motifs is 2. The van der Waals surface area contributed by atoms with Gasteiger partial charge in [0.05, 0.1) is 6.54 Å². The fourth-order valence-electron chi connectivity index (χ4n) is 3.11. The van der Waals surface area contributed by atoms with Crippen molar-refractivity contribution in [3.05, 3.63) is 0 Å². The number of carbonyl (C=O) groups is 1. The van der Waals surface area contributed by atoms with Crippen LogP contribution in [0.3, 0.4) is 0 Å². The molecule has 0 radical (unpaired) electrons. The van der Waals surface area contributed by atoms with E-state index in [-0.39, 0.29) is 11.9 Å². The molecule has 2 unspecified atom stereocenters. The monoisotopic (exact) mass is 225 g/mol. The molecule has 1 amide bonds. The van der Waals surface area contributed by atoms with Crippen molar-refractivity contribution in [2.75, 3.05) is 6.54 Å². The van der Waals surface area contributed by atoms with Gasteiger partial charge in [0, 0.05) is 24.2 Å². The molecule has 0 aromatic carbocycles. The summed E-state index contributed by atoms with van der Waals surface area (Å²) in [5, 5.41) is 2.96. The van der Waals surface area contributed by atoms with Gasteiger partial charge in [-0.05, 0) is 39.5 Å². The highest BCUT2D eigenvalue weighted by Gasteiger charge is 2.40. The Hall–Kier alpha value is -0.610. The predicted molar refractivity (Wildman–Crippen MR) is 64.0 cm³/mol. The van der Waals surface area contributed by atoms with Crippen LogP contribution in [0, 0.1) is 0 Å². The van der Waals surface area contributed by atoms with Crippen molar-refractivity contribution in [2.45, 2.75) is 63.7 Å². The molecule has 92 valence electrons. The number of piperidine rings is 1. The average molecular weight is 225 g/mol. The first-order chi connectivity index (χ1) is 7.56. The van der Waals surface area contributed by atoms with E-state index in [4.69, 9.17) is 5.73 Å². The number of rotatable bonds is 3. The van der Waals surface area contributed by atoms with Crippen LogP contribution in [0.1, 0.15) is 39.5 Å². The fourth-order valence-corrected chi connectivity index (χ4v) is 3.11. The first-order valence-electron chi connectivity index (χ1n) is 6.37. The molecule has 2 heterocycles. The highest BCUT2D eigenvalue weighted by Crippen LogP contribution is 2.34. The van der Waals surface area contributed by atoms with Gasteiger partial charge in [0.15, 0.2) is 0 Å². The van der Waals surface area contributed by atoms with Crippen LogP contribution < -0.4 is 11.1 Å². The molecule has 2 aliphatic heterocycles. The maximum Gasteiger partial charge on any atom is 0.234 e. The first kappa shape index (κ1) is 11.9. The fraction of sp³-hybridized carbons (Fsp3) is 0.917. The molecule has 2 aliphatic rings. The van der Waals surface area contributed by atoms with Crippen molar-refractivity contribution >= 4 is 5.91 Å². The minimum absolute atomic E-state index is 0.155. The van der Waals surface area contributed by atoms with Crippen LogP contribution in [-0.2, 0) is 4.79 Å². The van der Waals surface area contributed by atoms with Crippen LogP contribution in [0.5, 0.6) is 0 Å². The summed E-state index contributed by atoms with van der Waals surface area (Å²) in [5.74, 6) is 0.155. The van der Waals surface area contributed by atoms with E-state index in [0.717, 1.165) is 12.8 Å². The number of carbonyl (C=O) groups excluding carboxylic acids is 1. The Balaban J connectivity index is 1.89. The number of hydrogen-bond donors (Lipinski definition) is 2. The number of nitrogens with two attached hydrogens (primary N) is 1. The summed E-state index contributed by atoms with van der Waals surface area (Å²) in [6.07, 6.45) is 4.55. The van der Waals surface area contributed by atoms with Crippen molar-refractivity contribution in [3.63, 3.8) is 0 Å². The lowest BCUT2D eigenvalue weighted by Gasteiger charge is -2.37. The van der Waals surface area contributed by atoms with E-state index in [9.17, 15) is 4.79 Å². The molecular formula is C12H23N3O. The van der Waals surface area contributed by atoms with E-state index < -0.39 is 0 Å². The zero-order valence-corrected chi connectivity index (χ0v) is 10.3. The number of nitrogens with one attached hydrogen (secondary N) is 1. The van der Waals surface area contributed by atoms with Crippen LogP contribution in [0.4, 0.5) is 0 Å². The molecule has 0 aromatic heterocycles. The molecule has 4 heteroatoms. The van der Waals surface area contributed by atoms with E-state index in [2.05, 4.69) is 10.2 Å². The molecule has 2 atom stereocenters. The molecule has 0 spiro atoms. The third kappa shape index (κ3) is 2.55. The van der Waals surface area contributed by atoms with Crippen molar-refractivity contribution < 1.29 is 4.79 Å². The molecular weight excluding hydrogens is 202 g/mol. The summed E-state index contributed by atoms with van der Waals surface area (Å²) in [6, 6.07) is 1.68. The van der Waals surface area contributed by atoms with E-state index in [1.807, 2.05) is 13.8 Å². The second-order valence-electron chi connectivity index (χ2n) is 5.51. The number of hydrogen-bond acceptors (Lipinski definition) is 3. The number of amides is 1. The normalized spacial score (nSPS) is 34.4. The lowest BCUT2D eigenvalue weighted by molar-refractivity contribution is -0.123. The Kier molecular flexibility index (Phi) is 3.50. The maximum absolute atomic E-state index is 11.7. The van der Waals surface area contributed by atoms with Gasteiger partial charge in [0.2, 0.25) is 5.91 Å². The summed E-state index contributed by atoms with van der Waals surface area (Å²) in [7, 11) is 0. The first-order valence-corrected chi connectivity index (χ1v) is 6.37. The van der Waals surface area contributed by atoms with Gasteiger partial charge in [-0.2, -0.15) is 0 Å². The van der Waals surface area contributed by atoms with Gasteiger partial charge < -0.3 is 11.1 Å². The maximum atomic E-state index is 11.7. The van der Waals surface area contributed by atoms with Gasteiger partial charge in [0.25, 0.3) is 0 Å². The van der Waals surface area contributed by atoms with Crippen LogP contribution in [0.25, 0.3) is 0 Å². The minimum Gasteiger partial charge on any atom is -0.353 e. The van der Waals surface area contributed by atoms with Gasteiger partial charge in [-0.1, -0.05) is 0 Å². The van der Waals surface area contributed by atoms with Crippen molar-refractivity contribution in [2.24, 2.45) is 5.73 Å². The van der Waals surface area contributed by atoms with Crippen molar-refractivity contribution in [3.8, 4) is 0 Å². The highest BCUT2D eigenvalue weighted by atomic mass is 16.2. The summed E-state index contributed by atoms with van der Waals surface area (Å²) in [6.45, 7) is 4.55. The zero-order valence-electron chi connectivity index (χ0n) is 10.3. The van der Waals surface area contributed by atoms with Gasteiger partial charge in [-0.25, -0.2) is 0 Å². The van der Waals surface area contributed by atoms with Gasteiger partial charge in [0.1, 0.15) is 0 Å². The quantitative estimate of drug-likeness (QED) is 0.734. The molecule has 0 aliphatic carbocycles. The van der Waals surface area contributed by atoms with E-state index in [1.54, 1.807) is 0 Å². The summed E-state index contributed by atoms with van der Waals surface area (Å²) < 4.78 is 0. The molecule has 3 N–H and O–H groups in total.